The molecular formula is C16H20ClNO3. The molecule has 0 heterocycles. The Morgan fingerprint density at radius 1 is 1.38 bits per heavy atom. The van der Waals surface area contributed by atoms with Gasteiger partial charge in [0, 0.05) is 6.42 Å². The molecule has 114 valence electrons. The molecule has 0 spiro atoms. The van der Waals surface area contributed by atoms with Gasteiger partial charge in [-0.25, -0.2) is 0 Å². The van der Waals surface area contributed by atoms with Gasteiger partial charge in [0.05, 0.1) is 12.2 Å². The molecular weight excluding hydrogens is 290 g/mol. The second-order valence-electron chi connectivity index (χ2n) is 5.72. The molecule has 0 saturated heterocycles. The standard InChI is InChI=1S/C16H20ClNO3/c1-11-7-8-12(10-18)14(17)15(11)20-9-5-6-13(19)21-16(2,3)4/h7-8H,5-6,9H2,1-4H3. The van der Waals surface area contributed by atoms with Crippen molar-refractivity contribution in [2.45, 2.75) is 46.1 Å². The van der Waals surface area contributed by atoms with E-state index in [-0.39, 0.29) is 12.4 Å². The molecule has 0 N–H and O–H groups in total. The zero-order valence-electron chi connectivity index (χ0n) is 12.8. The minimum atomic E-state index is -0.473. The van der Waals surface area contributed by atoms with E-state index < -0.39 is 5.60 Å². The van der Waals surface area contributed by atoms with Crippen molar-refractivity contribution < 1.29 is 14.3 Å². The first kappa shape index (κ1) is 17.3. The Hall–Kier alpha value is -1.73. The number of nitrogens with zero attached hydrogens (tertiary/aromatic N) is 1. The van der Waals surface area contributed by atoms with E-state index in [9.17, 15) is 4.79 Å². The van der Waals surface area contributed by atoms with Crippen molar-refractivity contribution in [2.75, 3.05) is 6.61 Å². The van der Waals surface area contributed by atoms with Gasteiger partial charge in [0.2, 0.25) is 0 Å². The van der Waals surface area contributed by atoms with E-state index in [2.05, 4.69) is 0 Å². The Labute approximate surface area is 130 Å². The highest BCUT2D eigenvalue weighted by Gasteiger charge is 2.16. The molecule has 5 heteroatoms. The average molecular weight is 310 g/mol. The first-order chi connectivity index (χ1) is 9.74. The van der Waals surface area contributed by atoms with Crippen LogP contribution in [0.4, 0.5) is 0 Å². The molecule has 0 aliphatic heterocycles. The van der Waals surface area contributed by atoms with Crippen molar-refractivity contribution in [3.05, 3.63) is 28.3 Å². The van der Waals surface area contributed by atoms with Gasteiger partial charge in [-0.05, 0) is 45.7 Å². The molecule has 0 unspecified atom stereocenters. The molecule has 4 nitrogen and oxygen atoms in total. The van der Waals surface area contributed by atoms with Crippen LogP contribution in [0.2, 0.25) is 5.02 Å². The highest BCUT2D eigenvalue weighted by molar-refractivity contribution is 6.33. The second-order valence-corrected chi connectivity index (χ2v) is 6.10. The Morgan fingerprint density at radius 3 is 2.62 bits per heavy atom. The van der Waals surface area contributed by atoms with Gasteiger partial charge in [-0.3, -0.25) is 4.79 Å². The molecule has 0 fully saturated rings. The van der Waals surface area contributed by atoms with Gasteiger partial charge in [0.1, 0.15) is 22.4 Å². The fourth-order valence-corrected chi connectivity index (χ4v) is 2.01. The molecule has 1 aromatic rings. The van der Waals surface area contributed by atoms with Crippen molar-refractivity contribution in [1.29, 1.82) is 5.26 Å². The summed E-state index contributed by atoms with van der Waals surface area (Å²) in [6.45, 7) is 7.69. The van der Waals surface area contributed by atoms with E-state index in [1.165, 1.54) is 0 Å². The zero-order chi connectivity index (χ0) is 16.0. The number of carbonyl (C=O) groups is 1. The SMILES string of the molecule is Cc1ccc(C#N)c(Cl)c1OCCCC(=O)OC(C)(C)C. The van der Waals surface area contributed by atoms with Gasteiger partial charge >= 0.3 is 5.97 Å². The van der Waals surface area contributed by atoms with Crippen LogP contribution in [0.1, 0.15) is 44.7 Å². The van der Waals surface area contributed by atoms with Gasteiger partial charge in [0.15, 0.2) is 0 Å². The van der Waals surface area contributed by atoms with E-state index in [1.54, 1.807) is 12.1 Å². The Balaban J connectivity index is 2.51. The lowest BCUT2D eigenvalue weighted by Crippen LogP contribution is -2.24. The molecule has 0 bridgehead atoms. The van der Waals surface area contributed by atoms with Crippen molar-refractivity contribution in [2.24, 2.45) is 0 Å². The topological polar surface area (TPSA) is 59.3 Å². The number of hydrogen-bond acceptors (Lipinski definition) is 4. The number of nitriles is 1. The van der Waals surface area contributed by atoms with E-state index in [0.717, 1.165) is 5.56 Å². The summed E-state index contributed by atoms with van der Waals surface area (Å²) in [5.74, 6) is 0.250. The predicted octanol–water partition coefficient (Wildman–Crippen LogP) is 4.02. The maximum atomic E-state index is 11.6. The first-order valence-corrected chi connectivity index (χ1v) is 7.16. The summed E-state index contributed by atoms with van der Waals surface area (Å²) in [4.78, 5) is 11.6. The van der Waals surface area contributed by atoms with Gasteiger partial charge < -0.3 is 9.47 Å². The second kappa shape index (κ2) is 7.33. The number of halogens is 1. The minimum absolute atomic E-state index is 0.250. The normalized spacial score (nSPS) is 10.9. The summed E-state index contributed by atoms with van der Waals surface area (Å²) in [7, 11) is 0. The predicted molar refractivity (Wildman–Crippen MR) is 81.5 cm³/mol. The summed E-state index contributed by atoms with van der Waals surface area (Å²) in [6, 6.07) is 5.45. The Kier molecular flexibility index (Phi) is 6.04. The maximum absolute atomic E-state index is 11.6. The van der Waals surface area contributed by atoms with Crippen LogP contribution in [0.3, 0.4) is 0 Å². The molecule has 21 heavy (non-hydrogen) atoms. The largest absolute Gasteiger partial charge is 0.492 e. The highest BCUT2D eigenvalue weighted by Crippen LogP contribution is 2.31. The van der Waals surface area contributed by atoms with E-state index >= 15 is 0 Å². The van der Waals surface area contributed by atoms with Gasteiger partial charge in [0.25, 0.3) is 0 Å². The number of rotatable bonds is 5. The third kappa shape index (κ3) is 5.65. The lowest BCUT2D eigenvalue weighted by molar-refractivity contribution is -0.155. The Morgan fingerprint density at radius 2 is 2.05 bits per heavy atom. The van der Waals surface area contributed by atoms with Gasteiger partial charge in [-0.1, -0.05) is 17.7 Å². The van der Waals surface area contributed by atoms with Crippen LogP contribution in [0.25, 0.3) is 0 Å². The summed E-state index contributed by atoms with van der Waals surface area (Å²) in [6.07, 6.45) is 0.813. The molecule has 0 atom stereocenters. The molecule has 0 radical (unpaired) electrons. The van der Waals surface area contributed by atoms with Crippen molar-refractivity contribution >= 4 is 17.6 Å². The number of benzene rings is 1. The van der Waals surface area contributed by atoms with Crippen LogP contribution in [-0.2, 0) is 9.53 Å². The van der Waals surface area contributed by atoms with Gasteiger partial charge in [-0.15, -0.1) is 0 Å². The lowest BCUT2D eigenvalue weighted by Gasteiger charge is -2.19. The fraction of sp³-hybridized carbons (Fsp3) is 0.500. The van der Waals surface area contributed by atoms with Crippen molar-refractivity contribution in [1.82, 2.24) is 0 Å². The summed E-state index contributed by atoms with van der Waals surface area (Å²) < 4.78 is 10.8. The van der Waals surface area contributed by atoms with Crippen molar-refractivity contribution in [3.63, 3.8) is 0 Å². The third-order valence-corrected chi connectivity index (χ3v) is 2.98. The number of esters is 1. The van der Waals surface area contributed by atoms with Crippen LogP contribution in [-0.4, -0.2) is 18.2 Å². The van der Waals surface area contributed by atoms with Gasteiger partial charge in [-0.2, -0.15) is 5.26 Å². The van der Waals surface area contributed by atoms with E-state index in [1.807, 2.05) is 33.8 Å². The molecule has 0 aliphatic carbocycles. The summed E-state index contributed by atoms with van der Waals surface area (Å²) >= 11 is 6.10. The fourth-order valence-electron chi connectivity index (χ4n) is 1.70. The monoisotopic (exact) mass is 309 g/mol. The van der Waals surface area contributed by atoms with E-state index in [0.29, 0.717) is 29.4 Å². The smallest absolute Gasteiger partial charge is 0.306 e. The van der Waals surface area contributed by atoms with Crippen LogP contribution in [0.15, 0.2) is 12.1 Å². The first-order valence-electron chi connectivity index (χ1n) is 6.78. The molecule has 0 aliphatic rings. The number of aryl methyl sites for hydroxylation is 1. The molecule has 0 amide bonds. The lowest BCUT2D eigenvalue weighted by atomic mass is 10.1. The number of ether oxygens (including phenoxy) is 2. The molecule has 1 rings (SSSR count). The molecule has 0 saturated carbocycles. The summed E-state index contributed by atoms with van der Waals surface area (Å²) in [5, 5.41) is 9.25. The molecule has 0 aromatic heterocycles. The quantitative estimate of drug-likeness (QED) is 0.609. The number of carbonyl (C=O) groups excluding carboxylic acids is 1. The average Bonchev–Trinajstić information content (AvgIpc) is 2.35. The summed E-state index contributed by atoms with van der Waals surface area (Å²) in [5.41, 5.74) is 0.763. The highest BCUT2D eigenvalue weighted by atomic mass is 35.5. The third-order valence-electron chi connectivity index (χ3n) is 2.61. The minimum Gasteiger partial charge on any atom is -0.492 e. The van der Waals surface area contributed by atoms with Crippen LogP contribution < -0.4 is 4.74 Å². The van der Waals surface area contributed by atoms with Crippen LogP contribution in [0.5, 0.6) is 5.75 Å². The van der Waals surface area contributed by atoms with Crippen LogP contribution in [0, 0.1) is 18.3 Å². The molecule has 1 aromatic carbocycles. The van der Waals surface area contributed by atoms with Crippen molar-refractivity contribution in [3.8, 4) is 11.8 Å². The van der Waals surface area contributed by atoms with E-state index in [4.69, 9.17) is 26.3 Å². The zero-order valence-corrected chi connectivity index (χ0v) is 13.6. The number of hydrogen-bond donors (Lipinski definition) is 0. The Bertz CT molecular complexity index is 556. The van der Waals surface area contributed by atoms with Crippen LogP contribution >= 0.6 is 11.6 Å². The maximum Gasteiger partial charge on any atom is 0.306 e.